The Bertz CT molecular complexity index is 890. The second-order valence-electron chi connectivity index (χ2n) is 5.14. The number of amides is 2. The van der Waals surface area contributed by atoms with Crippen molar-refractivity contribution in [2.24, 2.45) is 4.99 Å². The Balaban J connectivity index is 1.67. The van der Waals surface area contributed by atoms with E-state index in [2.05, 4.69) is 20.6 Å². The van der Waals surface area contributed by atoms with Crippen LogP contribution < -0.4 is 10.6 Å². The highest BCUT2D eigenvalue weighted by atomic mass is 32.2. The van der Waals surface area contributed by atoms with Crippen molar-refractivity contribution in [2.75, 3.05) is 5.32 Å². The van der Waals surface area contributed by atoms with E-state index in [1.54, 1.807) is 12.3 Å². The minimum Gasteiger partial charge on any atom is -0.303 e. The van der Waals surface area contributed by atoms with Gasteiger partial charge in [-0.2, -0.15) is 0 Å². The van der Waals surface area contributed by atoms with Crippen molar-refractivity contribution < 1.29 is 14.4 Å². The van der Waals surface area contributed by atoms with Gasteiger partial charge in [0, 0.05) is 19.0 Å². The quantitative estimate of drug-likeness (QED) is 0.587. The van der Waals surface area contributed by atoms with Crippen LogP contribution in [-0.4, -0.2) is 28.3 Å². The summed E-state index contributed by atoms with van der Waals surface area (Å²) in [5.74, 6) is -0.495. The van der Waals surface area contributed by atoms with Gasteiger partial charge in [-0.3, -0.25) is 9.59 Å². The number of carbonyl (C=O) groups excluding carboxylic acids is 3. The molecule has 3 rings (SSSR count). The predicted octanol–water partition coefficient (Wildman–Crippen LogP) is 2.95. The van der Waals surface area contributed by atoms with Gasteiger partial charge in [0.05, 0.1) is 15.5 Å². The van der Waals surface area contributed by atoms with Gasteiger partial charge in [0.25, 0.3) is 5.91 Å². The molecule has 2 N–H and O–H groups in total. The van der Waals surface area contributed by atoms with E-state index >= 15 is 0 Å². The lowest BCUT2D eigenvalue weighted by Gasteiger charge is -1.97. The molecule has 0 unspecified atom stereocenters. The van der Waals surface area contributed by atoms with Crippen molar-refractivity contribution in [1.29, 1.82) is 0 Å². The molecule has 0 atom stereocenters. The molecule has 1 aromatic carbocycles. The lowest BCUT2D eigenvalue weighted by atomic mass is 10.3. The number of para-hydroxylation sites is 1. The first-order chi connectivity index (χ1) is 12.6. The first-order valence-electron chi connectivity index (χ1n) is 7.68. The molecule has 132 valence electrons. The fourth-order valence-electron chi connectivity index (χ4n) is 2.01. The SMILES string of the molecule is O=CCCC(=O)Nc1ncc(/C=C2\SC(=Nc3ccccc3)NC2=O)s1. The first kappa shape index (κ1) is 18.0. The Morgan fingerprint density at radius 1 is 1.31 bits per heavy atom. The lowest BCUT2D eigenvalue weighted by Crippen LogP contribution is -2.19. The highest BCUT2D eigenvalue weighted by Crippen LogP contribution is 2.30. The summed E-state index contributed by atoms with van der Waals surface area (Å²) in [4.78, 5) is 43.7. The molecule has 0 saturated carbocycles. The minimum atomic E-state index is -0.268. The average Bonchev–Trinajstić information content (AvgIpc) is 3.20. The monoisotopic (exact) mass is 386 g/mol. The fraction of sp³-hybridized carbons (Fsp3) is 0.118. The van der Waals surface area contributed by atoms with E-state index in [-0.39, 0.29) is 24.7 Å². The number of nitrogens with zero attached hydrogens (tertiary/aromatic N) is 2. The molecule has 0 spiro atoms. The summed E-state index contributed by atoms with van der Waals surface area (Å²) in [6, 6.07) is 9.35. The molecule has 2 heterocycles. The number of hydrogen-bond donors (Lipinski definition) is 2. The van der Waals surface area contributed by atoms with Gasteiger partial charge in [-0.25, -0.2) is 9.98 Å². The van der Waals surface area contributed by atoms with Crippen LogP contribution in [0.2, 0.25) is 0 Å². The number of benzene rings is 1. The number of rotatable bonds is 6. The number of carbonyl (C=O) groups is 3. The summed E-state index contributed by atoms with van der Waals surface area (Å²) < 4.78 is 0. The molecule has 1 aliphatic heterocycles. The Kier molecular flexibility index (Phi) is 5.92. The molecule has 2 aromatic rings. The number of aromatic nitrogens is 1. The maximum atomic E-state index is 12.1. The number of thioether (sulfide) groups is 1. The smallest absolute Gasteiger partial charge is 0.264 e. The van der Waals surface area contributed by atoms with E-state index in [1.807, 2.05) is 30.3 Å². The van der Waals surface area contributed by atoms with E-state index in [0.717, 1.165) is 10.6 Å². The normalized spacial score (nSPS) is 16.7. The number of hydrogen-bond acceptors (Lipinski definition) is 7. The van der Waals surface area contributed by atoms with E-state index in [4.69, 9.17) is 0 Å². The van der Waals surface area contributed by atoms with Gasteiger partial charge in [0.1, 0.15) is 6.29 Å². The third-order valence-corrected chi connectivity index (χ3v) is 4.94. The van der Waals surface area contributed by atoms with Crippen LogP contribution in [0.4, 0.5) is 10.8 Å². The molecular formula is C17H14N4O3S2. The van der Waals surface area contributed by atoms with Gasteiger partial charge in [0.2, 0.25) is 5.91 Å². The van der Waals surface area contributed by atoms with Crippen LogP contribution in [0.25, 0.3) is 6.08 Å². The summed E-state index contributed by atoms with van der Waals surface area (Å²) in [5, 5.41) is 6.28. The highest BCUT2D eigenvalue weighted by molar-refractivity contribution is 8.18. The van der Waals surface area contributed by atoms with E-state index in [1.165, 1.54) is 23.1 Å². The summed E-state index contributed by atoms with van der Waals surface area (Å²) in [5.41, 5.74) is 0.759. The predicted molar refractivity (Wildman–Crippen MR) is 103 cm³/mol. The van der Waals surface area contributed by atoms with Crippen LogP contribution >= 0.6 is 23.1 Å². The molecule has 26 heavy (non-hydrogen) atoms. The Labute approximate surface area is 157 Å². The zero-order valence-electron chi connectivity index (χ0n) is 13.5. The Hall–Kier alpha value is -2.78. The Morgan fingerprint density at radius 2 is 2.12 bits per heavy atom. The van der Waals surface area contributed by atoms with Crippen molar-refractivity contribution >= 4 is 63.3 Å². The summed E-state index contributed by atoms with van der Waals surface area (Å²) >= 11 is 2.49. The van der Waals surface area contributed by atoms with Gasteiger partial charge in [-0.05, 0) is 30.0 Å². The largest absolute Gasteiger partial charge is 0.303 e. The molecule has 1 aromatic heterocycles. The van der Waals surface area contributed by atoms with Crippen LogP contribution in [0.5, 0.6) is 0 Å². The molecule has 2 amide bonds. The number of thiazole rings is 1. The summed E-state index contributed by atoms with van der Waals surface area (Å²) in [6.45, 7) is 0. The van der Waals surface area contributed by atoms with Gasteiger partial charge in [0.15, 0.2) is 10.3 Å². The van der Waals surface area contributed by atoms with Crippen molar-refractivity contribution in [3.05, 3.63) is 46.3 Å². The maximum absolute atomic E-state index is 12.1. The van der Waals surface area contributed by atoms with Gasteiger partial charge >= 0.3 is 0 Å². The number of anilines is 1. The molecule has 1 aliphatic rings. The van der Waals surface area contributed by atoms with Crippen LogP contribution in [0.15, 0.2) is 46.4 Å². The third-order valence-electron chi connectivity index (χ3n) is 3.17. The number of aliphatic imine (C=N–C) groups is 1. The lowest BCUT2D eigenvalue weighted by molar-refractivity contribution is -0.118. The molecule has 0 bridgehead atoms. The van der Waals surface area contributed by atoms with Crippen molar-refractivity contribution in [2.45, 2.75) is 12.8 Å². The first-order valence-corrected chi connectivity index (χ1v) is 9.31. The third kappa shape index (κ3) is 4.87. The number of amidine groups is 1. The van der Waals surface area contributed by atoms with Crippen molar-refractivity contribution in [3.63, 3.8) is 0 Å². The highest BCUT2D eigenvalue weighted by Gasteiger charge is 2.24. The van der Waals surface area contributed by atoms with Crippen LogP contribution in [0, 0.1) is 0 Å². The minimum absolute atomic E-state index is 0.122. The van der Waals surface area contributed by atoms with Crippen LogP contribution in [0.1, 0.15) is 17.7 Å². The summed E-state index contributed by atoms with van der Waals surface area (Å²) in [6.07, 6.45) is 4.27. The fourth-order valence-corrected chi connectivity index (χ4v) is 3.70. The van der Waals surface area contributed by atoms with E-state index in [0.29, 0.717) is 21.5 Å². The number of aldehydes is 1. The zero-order chi connectivity index (χ0) is 18.4. The van der Waals surface area contributed by atoms with Crippen molar-refractivity contribution in [1.82, 2.24) is 10.3 Å². The van der Waals surface area contributed by atoms with Gasteiger partial charge in [-0.1, -0.05) is 29.5 Å². The molecule has 1 fully saturated rings. The van der Waals surface area contributed by atoms with Crippen LogP contribution in [-0.2, 0) is 14.4 Å². The topological polar surface area (TPSA) is 101 Å². The molecule has 9 heteroatoms. The van der Waals surface area contributed by atoms with E-state index < -0.39 is 0 Å². The molecule has 0 radical (unpaired) electrons. The second-order valence-corrected chi connectivity index (χ2v) is 7.23. The van der Waals surface area contributed by atoms with Crippen molar-refractivity contribution in [3.8, 4) is 0 Å². The molecule has 0 aliphatic carbocycles. The molecule has 1 saturated heterocycles. The van der Waals surface area contributed by atoms with Gasteiger partial charge in [-0.15, -0.1) is 0 Å². The van der Waals surface area contributed by atoms with Gasteiger partial charge < -0.3 is 15.4 Å². The molecule has 7 nitrogen and oxygen atoms in total. The zero-order valence-corrected chi connectivity index (χ0v) is 15.1. The number of nitrogens with one attached hydrogen (secondary N) is 2. The summed E-state index contributed by atoms with van der Waals surface area (Å²) in [7, 11) is 0. The second kappa shape index (κ2) is 8.54. The standard InChI is InChI=1S/C17H14N4O3S2/c22-8-4-7-14(23)20-16-18-10-12(25-16)9-13-15(24)21-17(26-13)19-11-5-2-1-3-6-11/h1-3,5-6,8-10H,4,7H2,(H,18,20,23)(H,19,21,24)/b13-9-. The van der Waals surface area contributed by atoms with E-state index in [9.17, 15) is 14.4 Å². The maximum Gasteiger partial charge on any atom is 0.264 e. The average molecular weight is 386 g/mol. The van der Waals surface area contributed by atoms with Crippen LogP contribution in [0.3, 0.4) is 0 Å². The Morgan fingerprint density at radius 3 is 2.88 bits per heavy atom. The molecular weight excluding hydrogens is 372 g/mol.